The normalized spacial score (nSPS) is 10.9. The molecule has 2 heteroatoms. The maximum atomic E-state index is 11.6. The molecule has 0 amide bonds. The third-order valence-corrected chi connectivity index (χ3v) is 5.03. The van der Waals surface area contributed by atoms with Gasteiger partial charge < -0.3 is 0 Å². The van der Waals surface area contributed by atoms with E-state index in [0.717, 1.165) is 39.4 Å². The average Bonchev–Trinajstić information content (AvgIpc) is 2.69. The van der Waals surface area contributed by atoms with Gasteiger partial charge in [0.15, 0.2) is 6.29 Å². The standard InChI is InChI=1S/C25H21NO/c1-16-8-11-19(12-9-16)24-14-20(15-27)26-25-21(5-4-6-22(24)25)23-13-17(2)7-10-18(23)3/h4-15H,1-3H3. The van der Waals surface area contributed by atoms with Crippen molar-refractivity contribution in [3.8, 4) is 22.3 Å². The van der Waals surface area contributed by atoms with Crippen LogP contribution in [0.3, 0.4) is 0 Å². The van der Waals surface area contributed by atoms with Crippen LogP contribution < -0.4 is 0 Å². The van der Waals surface area contributed by atoms with Gasteiger partial charge in [0.25, 0.3) is 0 Å². The summed E-state index contributed by atoms with van der Waals surface area (Å²) >= 11 is 0. The molecule has 0 aliphatic rings. The van der Waals surface area contributed by atoms with Crippen molar-refractivity contribution in [2.45, 2.75) is 20.8 Å². The molecular weight excluding hydrogens is 330 g/mol. The van der Waals surface area contributed by atoms with Gasteiger partial charge in [0.05, 0.1) is 5.52 Å². The molecule has 0 bridgehead atoms. The molecule has 0 saturated heterocycles. The lowest BCUT2D eigenvalue weighted by Gasteiger charge is -2.14. The molecule has 27 heavy (non-hydrogen) atoms. The fraction of sp³-hybridized carbons (Fsp3) is 0.120. The Morgan fingerprint density at radius 1 is 0.741 bits per heavy atom. The number of rotatable bonds is 3. The lowest BCUT2D eigenvalue weighted by atomic mass is 9.93. The minimum Gasteiger partial charge on any atom is -0.296 e. The van der Waals surface area contributed by atoms with Gasteiger partial charge in [0, 0.05) is 10.9 Å². The zero-order valence-corrected chi connectivity index (χ0v) is 15.8. The zero-order chi connectivity index (χ0) is 19.0. The van der Waals surface area contributed by atoms with E-state index in [1.807, 2.05) is 6.07 Å². The molecule has 132 valence electrons. The summed E-state index contributed by atoms with van der Waals surface area (Å²) in [5.41, 5.74) is 9.28. The van der Waals surface area contributed by atoms with Gasteiger partial charge in [0.2, 0.25) is 0 Å². The van der Waals surface area contributed by atoms with Crippen LogP contribution in [0.1, 0.15) is 27.2 Å². The summed E-state index contributed by atoms with van der Waals surface area (Å²) in [5.74, 6) is 0. The van der Waals surface area contributed by atoms with Crippen LogP contribution in [0.25, 0.3) is 33.2 Å². The Labute approximate surface area is 159 Å². The van der Waals surface area contributed by atoms with E-state index >= 15 is 0 Å². The Hall–Kier alpha value is -3.26. The van der Waals surface area contributed by atoms with Gasteiger partial charge in [-0.15, -0.1) is 0 Å². The number of carbonyl (C=O) groups is 1. The molecule has 2 nitrogen and oxygen atoms in total. The number of aryl methyl sites for hydroxylation is 3. The maximum absolute atomic E-state index is 11.6. The Kier molecular flexibility index (Phi) is 4.33. The maximum Gasteiger partial charge on any atom is 0.168 e. The summed E-state index contributed by atoms with van der Waals surface area (Å²) in [6.45, 7) is 6.28. The van der Waals surface area contributed by atoms with Gasteiger partial charge in [0.1, 0.15) is 5.69 Å². The van der Waals surface area contributed by atoms with Crippen LogP contribution >= 0.6 is 0 Å². The van der Waals surface area contributed by atoms with Gasteiger partial charge in [-0.2, -0.15) is 0 Å². The third kappa shape index (κ3) is 3.15. The number of hydrogen-bond acceptors (Lipinski definition) is 2. The number of nitrogens with zero attached hydrogens (tertiary/aromatic N) is 1. The highest BCUT2D eigenvalue weighted by Gasteiger charge is 2.13. The molecule has 0 N–H and O–H groups in total. The van der Waals surface area contributed by atoms with Crippen molar-refractivity contribution < 1.29 is 4.79 Å². The molecule has 4 rings (SSSR count). The van der Waals surface area contributed by atoms with Gasteiger partial charge in [-0.05, 0) is 49.1 Å². The smallest absolute Gasteiger partial charge is 0.168 e. The second kappa shape index (κ2) is 6.81. The number of hydrogen-bond donors (Lipinski definition) is 0. The van der Waals surface area contributed by atoms with E-state index in [2.05, 4.69) is 86.4 Å². The Bertz CT molecular complexity index is 1160. The van der Waals surface area contributed by atoms with Crippen LogP contribution in [-0.2, 0) is 0 Å². The molecule has 0 fully saturated rings. The molecular formula is C25H21NO. The second-order valence-electron chi connectivity index (χ2n) is 7.10. The predicted molar refractivity (Wildman–Crippen MR) is 112 cm³/mol. The van der Waals surface area contributed by atoms with Gasteiger partial charge in [-0.1, -0.05) is 71.8 Å². The largest absolute Gasteiger partial charge is 0.296 e. The first-order valence-corrected chi connectivity index (χ1v) is 9.10. The quantitative estimate of drug-likeness (QED) is 0.405. The molecule has 0 saturated carbocycles. The molecule has 0 aliphatic heterocycles. The first-order valence-electron chi connectivity index (χ1n) is 9.10. The Morgan fingerprint density at radius 3 is 2.22 bits per heavy atom. The van der Waals surface area contributed by atoms with Crippen molar-refractivity contribution in [3.63, 3.8) is 0 Å². The van der Waals surface area contributed by atoms with Crippen LogP contribution in [0, 0.1) is 20.8 Å². The summed E-state index contributed by atoms with van der Waals surface area (Å²) in [7, 11) is 0. The van der Waals surface area contributed by atoms with Crippen molar-refractivity contribution in [1.82, 2.24) is 4.98 Å². The van der Waals surface area contributed by atoms with Gasteiger partial charge >= 0.3 is 0 Å². The number of fused-ring (bicyclic) bond motifs is 1. The fourth-order valence-electron chi connectivity index (χ4n) is 3.54. The summed E-state index contributed by atoms with van der Waals surface area (Å²) in [4.78, 5) is 16.3. The molecule has 0 spiro atoms. The van der Waals surface area contributed by atoms with E-state index < -0.39 is 0 Å². The number of aldehydes is 1. The first kappa shape index (κ1) is 17.2. The molecule has 1 heterocycles. The molecule has 0 radical (unpaired) electrons. The predicted octanol–water partition coefficient (Wildman–Crippen LogP) is 6.31. The lowest BCUT2D eigenvalue weighted by molar-refractivity contribution is 0.111. The molecule has 0 atom stereocenters. The average molecular weight is 351 g/mol. The van der Waals surface area contributed by atoms with Crippen molar-refractivity contribution in [2.75, 3.05) is 0 Å². The first-order chi connectivity index (χ1) is 13.1. The van der Waals surface area contributed by atoms with Gasteiger partial charge in [-0.3, -0.25) is 4.79 Å². The minimum absolute atomic E-state index is 0.454. The summed E-state index contributed by atoms with van der Waals surface area (Å²) in [5, 5.41) is 1.06. The van der Waals surface area contributed by atoms with E-state index in [9.17, 15) is 4.79 Å². The summed E-state index contributed by atoms with van der Waals surface area (Å²) < 4.78 is 0. The summed E-state index contributed by atoms with van der Waals surface area (Å²) in [6, 6.07) is 22.9. The van der Waals surface area contributed by atoms with Crippen molar-refractivity contribution in [2.24, 2.45) is 0 Å². The highest BCUT2D eigenvalue weighted by molar-refractivity contribution is 6.04. The van der Waals surface area contributed by atoms with Crippen LogP contribution in [0.5, 0.6) is 0 Å². The number of benzene rings is 3. The fourth-order valence-corrected chi connectivity index (χ4v) is 3.54. The third-order valence-electron chi connectivity index (χ3n) is 5.03. The van der Waals surface area contributed by atoms with Crippen LogP contribution in [-0.4, -0.2) is 11.3 Å². The SMILES string of the molecule is Cc1ccc(-c2cc(C=O)nc3c(-c4cc(C)ccc4C)cccc23)cc1. The number of pyridine rings is 1. The van der Waals surface area contributed by atoms with Crippen molar-refractivity contribution >= 4 is 17.2 Å². The van der Waals surface area contributed by atoms with E-state index in [0.29, 0.717) is 5.69 Å². The zero-order valence-electron chi connectivity index (χ0n) is 15.8. The Morgan fingerprint density at radius 2 is 1.48 bits per heavy atom. The highest BCUT2D eigenvalue weighted by atomic mass is 16.1. The molecule has 4 aromatic rings. The lowest BCUT2D eigenvalue weighted by Crippen LogP contribution is -1.95. The molecule has 3 aromatic carbocycles. The van der Waals surface area contributed by atoms with Crippen molar-refractivity contribution in [1.29, 1.82) is 0 Å². The number of carbonyl (C=O) groups excluding carboxylic acids is 1. The molecule has 0 unspecified atom stereocenters. The number of aromatic nitrogens is 1. The molecule has 1 aromatic heterocycles. The Balaban J connectivity index is 2.06. The van der Waals surface area contributed by atoms with E-state index in [4.69, 9.17) is 0 Å². The van der Waals surface area contributed by atoms with E-state index in [1.54, 1.807) is 0 Å². The highest BCUT2D eigenvalue weighted by Crippen LogP contribution is 2.35. The topological polar surface area (TPSA) is 30.0 Å². The number of para-hydroxylation sites is 1. The summed E-state index contributed by atoms with van der Waals surface area (Å²) in [6.07, 6.45) is 0.830. The van der Waals surface area contributed by atoms with E-state index in [1.165, 1.54) is 16.7 Å². The second-order valence-corrected chi connectivity index (χ2v) is 7.10. The van der Waals surface area contributed by atoms with Crippen LogP contribution in [0.4, 0.5) is 0 Å². The van der Waals surface area contributed by atoms with Crippen LogP contribution in [0.15, 0.2) is 66.7 Å². The molecule has 0 aliphatic carbocycles. The van der Waals surface area contributed by atoms with Gasteiger partial charge in [-0.25, -0.2) is 4.98 Å². The van der Waals surface area contributed by atoms with E-state index in [-0.39, 0.29) is 0 Å². The monoisotopic (exact) mass is 351 g/mol. The van der Waals surface area contributed by atoms with Crippen LogP contribution in [0.2, 0.25) is 0 Å². The minimum atomic E-state index is 0.454. The van der Waals surface area contributed by atoms with Crippen molar-refractivity contribution in [3.05, 3.63) is 89.1 Å².